The van der Waals surface area contributed by atoms with Gasteiger partial charge in [-0.05, 0) is 36.4 Å². The number of halogens is 5. The normalized spacial score (nSPS) is 16.5. The van der Waals surface area contributed by atoms with Crippen LogP contribution in [0.2, 0.25) is 10.0 Å². The van der Waals surface area contributed by atoms with Crippen LogP contribution in [-0.2, 0) is 15.8 Å². The third-order valence-electron chi connectivity index (χ3n) is 3.82. The Hall–Kier alpha value is -2.84. The fourth-order valence-corrected chi connectivity index (χ4v) is 3.01. The van der Waals surface area contributed by atoms with Crippen molar-refractivity contribution in [1.29, 1.82) is 0 Å². The minimum atomic E-state index is -4.68. The average Bonchev–Trinajstić information content (AvgIpc) is 2.60. The summed E-state index contributed by atoms with van der Waals surface area (Å²) >= 11 is 12.0. The topological polar surface area (TPSA) is 66.5 Å². The van der Waals surface area contributed by atoms with Crippen molar-refractivity contribution in [3.63, 3.8) is 0 Å². The van der Waals surface area contributed by atoms with E-state index in [4.69, 9.17) is 23.2 Å². The van der Waals surface area contributed by atoms with Crippen molar-refractivity contribution in [1.82, 2.24) is 5.32 Å². The van der Waals surface area contributed by atoms with Gasteiger partial charge in [-0.3, -0.25) is 14.9 Å². The molecule has 10 heteroatoms. The smallest absolute Gasteiger partial charge is 0.273 e. The van der Waals surface area contributed by atoms with Crippen molar-refractivity contribution in [3.05, 3.63) is 69.2 Å². The van der Waals surface area contributed by atoms with Crippen molar-refractivity contribution in [2.24, 2.45) is 0 Å². The number of nitrogens with zero attached hydrogens (tertiary/aromatic N) is 1. The van der Waals surface area contributed by atoms with E-state index in [-0.39, 0.29) is 21.3 Å². The Morgan fingerprint density at radius 3 is 2.18 bits per heavy atom. The first-order valence-corrected chi connectivity index (χ1v) is 8.38. The van der Waals surface area contributed by atoms with Crippen LogP contribution in [0.5, 0.6) is 0 Å². The van der Waals surface area contributed by atoms with E-state index in [1.54, 1.807) is 6.07 Å². The molecular formula is C18H9Cl2F3N2O3. The van der Waals surface area contributed by atoms with Crippen molar-refractivity contribution >= 4 is 52.8 Å². The molecule has 2 aromatic carbocycles. The quantitative estimate of drug-likeness (QED) is 0.557. The third-order valence-corrected chi connectivity index (χ3v) is 4.48. The number of alkyl halides is 3. The van der Waals surface area contributed by atoms with Gasteiger partial charge in [0.15, 0.2) is 0 Å². The molecule has 4 amide bonds. The van der Waals surface area contributed by atoms with E-state index >= 15 is 0 Å². The predicted octanol–water partition coefficient (Wildman–Crippen LogP) is 4.68. The van der Waals surface area contributed by atoms with E-state index in [0.717, 1.165) is 24.3 Å². The molecular weight excluding hydrogens is 420 g/mol. The molecule has 144 valence electrons. The Morgan fingerprint density at radius 1 is 0.964 bits per heavy atom. The Bertz CT molecular complexity index is 1010. The second-order valence-corrected chi connectivity index (χ2v) is 6.46. The lowest BCUT2D eigenvalue weighted by Crippen LogP contribution is -2.54. The first-order valence-electron chi connectivity index (χ1n) is 7.62. The largest absolute Gasteiger partial charge is 0.416 e. The number of benzene rings is 2. The van der Waals surface area contributed by atoms with E-state index in [1.165, 1.54) is 12.1 Å². The lowest BCUT2D eigenvalue weighted by molar-refractivity contribution is -0.137. The molecule has 0 spiro atoms. The first kappa shape index (κ1) is 19.9. The van der Waals surface area contributed by atoms with Crippen LogP contribution in [0.4, 0.5) is 23.7 Å². The van der Waals surface area contributed by atoms with Crippen LogP contribution in [-0.4, -0.2) is 17.8 Å². The van der Waals surface area contributed by atoms with E-state index in [9.17, 15) is 27.6 Å². The molecule has 2 aromatic rings. The van der Waals surface area contributed by atoms with Gasteiger partial charge in [-0.25, -0.2) is 9.69 Å². The van der Waals surface area contributed by atoms with Gasteiger partial charge in [-0.15, -0.1) is 0 Å². The summed E-state index contributed by atoms with van der Waals surface area (Å²) in [6.45, 7) is 0. The van der Waals surface area contributed by atoms with Crippen LogP contribution < -0.4 is 10.2 Å². The molecule has 0 bridgehead atoms. The number of carbonyl (C=O) groups excluding carboxylic acids is 3. The third kappa shape index (κ3) is 3.74. The summed E-state index contributed by atoms with van der Waals surface area (Å²) in [6, 6.07) is 6.94. The summed E-state index contributed by atoms with van der Waals surface area (Å²) in [4.78, 5) is 37.4. The highest BCUT2D eigenvalue weighted by Crippen LogP contribution is 2.33. The van der Waals surface area contributed by atoms with Crippen molar-refractivity contribution in [2.75, 3.05) is 4.90 Å². The lowest BCUT2D eigenvalue weighted by Gasteiger charge is -2.27. The fraction of sp³-hybridized carbons (Fsp3) is 0.0556. The molecule has 1 heterocycles. The van der Waals surface area contributed by atoms with E-state index in [0.29, 0.717) is 11.0 Å². The molecule has 0 radical (unpaired) electrons. The second-order valence-electron chi connectivity index (χ2n) is 5.64. The first-order chi connectivity index (χ1) is 13.1. The molecule has 5 nitrogen and oxygen atoms in total. The molecule has 28 heavy (non-hydrogen) atoms. The van der Waals surface area contributed by atoms with Crippen molar-refractivity contribution < 1.29 is 27.6 Å². The van der Waals surface area contributed by atoms with Crippen LogP contribution in [0.25, 0.3) is 6.08 Å². The van der Waals surface area contributed by atoms with Crippen LogP contribution >= 0.6 is 23.2 Å². The highest BCUT2D eigenvalue weighted by molar-refractivity contribution is 6.41. The number of imide groups is 2. The summed E-state index contributed by atoms with van der Waals surface area (Å²) in [5.41, 5.74) is -1.75. The van der Waals surface area contributed by atoms with Crippen LogP contribution in [0.1, 0.15) is 11.1 Å². The molecule has 1 saturated heterocycles. The van der Waals surface area contributed by atoms with Gasteiger partial charge >= 0.3 is 12.2 Å². The van der Waals surface area contributed by atoms with Crippen LogP contribution in [0.3, 0.4) is 0 Å². The molecule has 0 unspecified atom stereocenters. The number of nitrogens with one attached hydrogen (secondary N) is 1. The molecule has 0 saturated carbocycles. The summed E-state index contributed by atoms with van der Waals surface area (Å²) in [5.74, 6) is -2.13. The highest BCUT2D eigenvalue weighted by Gasteiger charge is 2.38. The second kappa shape index (κ2) is 7.29. The van der Waals surface area contributed by atoms with E-state index < -0.39 is 35.2 Å². The maximum atomic E-state index is 12.9. The van der Waals surface area contributed by atoms with Gasteiger partial charge in [0, 0.05) is 15.6 Å². The minimum Gasteiger partial charge on any atom is -0.273 e. The molecule has 3 rings (SSSR count). The van der Waals surface area contributed by atoms with Crippen molar-refractivity contribution in [2.45, 2.75) is 6.18 Å². The Morgan fingerprint density at radius 2 is 1.57 bits per heavy atom. The molecule has 1 aliphatic heterocycles. The summed E-state index contributed by atoms with van der Waals surface area (Å²) < 4.78 is 38.8. The minimum absolute atomic E-state index is 0.142. The molecule has 0 atom stereocenters. The Kier molecular flexibility index (Phi) is 5.18. The van der Waals surface area contributed by atoms with Gasteiger partial charge in [0.2, 0.25) is 0 Å². The number of barbiturate groups is 1. The highest BCUT2D eigenvalue weighted by atomic mass is 35.5. The van der Waals surface area contributed by atoms with Gasteiger partial charge in [0.1, 0.15) is 5.57 Å². The maximum absolute atomic E-state index is 12.9. The zero-order valence-corrected chi connectivity index (χ0v) is 15.2. The maximum Gasteiger partial charge on any atom is 0.416 e. The fourth-order valence-electron chi connectivity index (χ4n) is 2.51. The number of carbonyl (C=O) groups is 3. The number of anilines is 1. The summed E-state index contributed by atoms with van der Waals surface area (Å²) in [7, 11) is 0. The summed E-state index contributed by atoms with van der Waals surface area (Å²) in [6.07, 6.45) is -3.60. The number of rotatable bonds is 2. The van der Waals surface area contributed by atoms with E-state index in [2.05, 4.69) is 0 Å². The Labute approximate surface area is 166 Å². The van der Waals surface area contributed by atoms with Gasteiger partial charge in [-0.2, -0.15) is 13.2 Å². The Balaban J connectivity index is 2.08. The zero-order valence-electron chi connectivity index (χ0n) is 13.7. The van der Waals surface area contributed by atoms with Gasteiger partial charge in [0.25, 0.3) is 11.8 Å². The number of urea groups is 1. The number of hydrogen-bond acceptors (Lipinski definition) is 3. The van der Waals surface area contributed by atoms with Gasteiger partial charge in [-0.1, -0.05) is 35.3 Å². The number of amides is 4. The van der Waals surface area contributed by atoms with Crippen LogP contribution in [0.15, 0.2) is 48.0 Å². The standard InChI is InChI=1S/C18H9Cl2F3N2O3/c19-13-5-2-6-14(20)11(13)8-12-15(26)24-17(28)25(16(12)27)10-4-1-3-9(7-10)18(21,22)23/h1-8H,(H,24,26,28). The van der Waals surface area contributed by atoms with Crippen LogP contribution in [0, 0.1) is 0 Å². The molecule has 0 aliphatic carbocycles. The molecule has 1 N–H and O–H groups in total. The SMILES string of the molecule is O=C1NC(=O)N(c2cccc(C(F)(F)F)c2)C(=O)C1=Cc1c(Cl)cccc1Cl. The molecule has 1 aliphatic rings. The van der Waals surface area contributed by atoms with Gasteiger partial charge in [0.05, 0.1) is 11.3 Å². The number of hydrogen-bond donors (Lipinski definition) is 1. The summed E-state index contributed by atoms with van der Waals surface area (Å²) in [5, 5.41) is 2.20. The monoisotopic (exact) mass is 428 g/mol. The lowest BCUT2D eigenvalue weighted by atomic mass is 10.1. The zero-order chi connectivity index (χ0) is 20.6. The van der Waals surface area contributed by atoms with Gasteiger partial charge < -0.3 is 0 Å². The van der Waals surface area contributed by atoms with E-state index in [1.807, 2.05) is 5.32 Å². The average molecular weight is 429 g/mol. The predicted molar refractivity (Wildman–Crippen MR) is 96.9 cm³/mol. The molecule has 0 aromatic heterocycles. The molecule has 1 fully saturated rings. The van der Waals surface area contributed by atoms with Crippen molar-refractivity contribution in [3.8, 4) is 0 Å².